The summed E-state index contributed by atoms with van der Waals surface area (Å²) < 4.78 is 12.6. The van der Waals surface area contributed by atoms with E-state index in [1.807, 2.05) is 19.1 Å². The van der Waals surface area contributed by atoms with Crippen molar-refractivity contribution >= 4 is 10.8 Å². The van der Waals surface area contributed by atoms with Crippen LogP contribution in [0.2, 0.25) is 0 Å². The van der Waals surface area contributed by atoms with E-state index in [9.17, 15) is 4.21 Å². The Kier molecular flexibility index (Phi) is 4.00. The van der Waals surface area contributed by atoms with Crippen LogP contribution in [0.25, 0.3) is 0 Å². The van der Waals surface area contributed by atoms with Crippen LogP contribution in [0.1, 0.15) is 36.8 Å². The third kappa shape index (κ3) is 2.78. The van der Waals surface area contributed by atoms with Gasteiger partial charge in [-0.2, -0.15) is 0 Å². The second kappa shape index (κ2) is 5.32. The first-order valence-electron chi connectivity index (χ1n) is 6.33. The van der Waals surface area contributed by atoms with Crippen molar-refractivity contribution in [3.63, 3.8) is 0 Å². The summed E-state index contributed by atoms with van der Waals surface area (Å²) in [6, 6.07) is 6.24. The quantitative estimate of drug-likeness (QED) is 0.878. The molecule has 1 aromatic rings. The van der Waals surface area contributed by atoms with Gasteiger partial charge in [0.1, 0.15) is 0 Å². The summed E-state index contributed by atoms with van der Waals surface area (Å²) in [4.78, 5) is 0.970. The average molecular weight is 251 g/mol. The van der Waals surface area contributed by atoms with Crippen LogP contribution < -0.4 is 5.73 Å². The first-order chi connectivity index (χ1) is 8.09. The maximum atomic E-state index is 12.6. The van der Waals surface area contributed by atoms with Gasteiger partial charge >= 0.3 is 0 Å². The van der Waals surface area contributed by atoms with Crippen LogP contribution in [0, 0.1) is 13.8 Å². The molecule has 1 aliphatic rings. The van der Waals surface area contributed by atoms with Crippen LogP contribution in [0.3, 0.4) is 0 Å². The SMILES string of the molecule is Cc1ccc(S(=O)C2CCCCC2N)c(C)c1. The number of hydrogen-bond donors (Lipinski definition) is 1. The molecular weight excluding hydrogens is 230 g/mol. The molecule has 3 heteroatoms. The zero-order valence-corrected chi connectivity index (χ0v) is 11.4. The smallest absolute Gasteiger partial charge is 0.0579 e. The Bertz CT molecular complexity index is 430. The average Bonchev–Trinajstić information content (AvgIpc) is 2.29. The summed E-state index contributed by atoms with van der Waals surface area (Å²) in [5.74, 6) is 0. The number of rotatable bonds is 2. The molecular formula is C14H21NOS. The Morgan fingerprint density at radius 1 is 1.24 bits per heavy atom. The molecule has 0 aromatic heterocycles. The lowest BCUT2D eigenvalue weighted by Crippen LogP contribution is -2.40. The van der Waals surface area contributed by atoms with Gasteiger partial charge in [0.2, 0.25) is 0 Å². The molecule has 2 N–H and O–H groups in total. The third-order valence-corrected chi connectivity index (χ3v) is 5.60. The van der Waals surface area contributed by atoms with Crippen LogP contribution in [0.15, 0.2) is 23.1 Å². The molecule has 0 radical (unpaired) electrons. The fraction of sp³-hybridized carbons (Fsp3) is 0.571. The lowest BCUT2D eigenvalue weighted by Gasteiger charge is -2.28. The second-order valence-corrected chi connectivity index (χ2v) is 6.69. The number of nitrogens with two attached hydrogens (primary N) is 1. The zero-order chi connectivity index (χ0) is 12.4. The Morgan fingerprint density at radius 2 is 1.94 bits per heavy atom. The molecule has 2 rings (SSSR count). The highest BCUT2D eigenvalue weighted by Crippen LogP contribution is 2.27. The van der Waals surface area contributed by atoms with E-state index in [1.165, 1.54) is 12.0 Å². The fourth-order valence-electron chi connectivity index (χ4n) is 2.58. The van der Waals surface area contributed by atoms with Crippen LogP contribution >= 0.6 is 0 Å². The lowest BCUT2D eigenvalue weighted by molar-refractivity contribution is 0.445. The molecule has 17 heavy (non-hydrogen) atoms. The molecule has 0 heterocycles. The maximum absolute atomic E-state index is 12.6. The van der Waals surface area contributed by atoms with Gasteiger partial charge in [-0.15, -0.1) is 0 Å². The van der Waals surface area contributed by atoms with E-state index < -0.39 is 10.8 Å². The van der Waals surface area contributed by atoms with Gasteiger partial charge in [-0.25, -0.2) is 0 Å². The van der Waals surface area contributed by atoms with Crippen molar-refractivity contribution in [3.8, 4) is 0 Å². The largest absolute Gasteiger partial charge is 0.327 e. The van der Waals surface area contributed by atoms with Crippen LogP contribution in [0.5, 0.6) is 0 Å². The van der Waals surface area contributed by atoms with E-state index in [-0.39, 0.29) is 11.3 Å². The van der Waals surface area contributed by atoms with Gasteiger partial charge in [0.25, 0.3) is 0 Å². The minimum Gasteiger partial charge on any atom is -0.327 e. The minimum atomic E-state index is -0.945. The van der Waals surface area contributed by atoms with Crippen molar-refractivity contribution in [3.05, 3.63) is 29.3 Å². The van der Waals surface area contributed by atoms with Gasteiger partial charge in [-0.05, 0) is 38.3 Å². The summed E-state index contributed by atoms with van der Waals surface area (Å²) in [5.41, 5.74) is 8.45. The summed E-state index contributed by atoms with van der Waals surface area (Å²) in [6.07, 6.45) is 4.36. The molecule has 1 aromatic carbocycles. The van der Waals surface area contributed by atoms with Crippen LogP contribution in [-0.2, 0) is 10.8 Å². The van der Waals surface area contributed by atoms with Crippen LogP contribution in [-0.4, -0.2) is 15.5 Å². The third-order valence-electron chi connectivity index (χ3n) is 3.58. The Labute approximate surface area is 106 Å². The lowest BCUT2D eigenvalue weighted by atomic mass is 9.96. The highest BCUT2D eigenvalue weighted by molar-refractivity contribution is 7.85. The Hall–Kier alpha value is -0.670. The Balaban J connectivity index is 2.24. The maximum Gasteiger partial charge on any atom is 0.0579 e. The molecule has 0 bridgehead atoms. The van der Waals surface area contributed by atoms with Crippen molar-refractivity contribution in [2.24, 2.45) is 5.73 Å². The molecule has 0 spiro atoms. The first-order valence-corrected chi connectivity index (χ1v) is 7.54. The molecule has 2 nitrogen and oxygen atoms in total. The molecule has 3 atom stereocenters. The van der Waals surface area contributed by atoms with Crippen molar-refractivity contribution in [1.29, 1.82) is 0 Å². The highest BCUT2D eigenvalue weighted by Gasteiger charge is 2.28. The van der Waals surface area contributed by atoms with Gasteiger partial charge in [-0.3, -0.25) is 4.21 Å². The zero-order valence-electron chi connectivity index (χ0n) is 10.6. The van der Waals surface area contributed by atoms with Gasteiger partial charge in [0.15, 0.2) is 0 Å². The molecule has 0 aliphatic heterocycles. The molecule has 0 amide bonds. The molecule has 94 valence electrons. The van der Waals surface area contributed by atoms with E-state index in [4.69, 9.17) is 5.73 Å². The number of hydrogen-bond acceptors (Lipinski definition) is 2. The van der Waals surface area contributed by atoms with E-state index in [0.29, 0.717) is 0 Å². The second-order valence-electron chi connectivity index (χ2n) is 5.05. The molecule has 3 unspecified atom stereocenters. The predicted octanol–water partition coefficient (Wildman–Crippen LogP) is 2.68. The normalized spacial score (nSPS) is 26.8. The monoisotopic (exact) mass is 251 g/mol. The van der Waals surface area contributed by atoms with Crippen molar-refractivity contribution in [2.75, 3.05) is 0 Å². The van der Waals surface area contributed by atoms with Gasteiger partial charge < -0.3 is 5.73 Å². The number of aryl methyl sites for hydroxylation is 2. The molecule has 1 fully saturated rings. The van der Waals surface area contributed by atoms with Gasteiger partial charge in [0, 0.05) is 10.9 Å². The summed E-state index contributed by atoms with van der Waals surface area (Å²) in [6.45, 7) is 4.10. The number of benzene rings is 1. The van der Waals surface area contributed by atoms with Crippen molar-refractivity contribution < 1.29 is 4.21 Å². The standard InChI is InChI=1S/C14H21NOS/c1-10-7-8-13(11(2)9-10)17(16)14-6-4-3-5-12(14)15/h7-9,12,14H,3-6,15H2,1-2H3. The van der Waals surface area contributed by atoms with Crippen molar-refractivity contribution in [2.45, 2.75) is 55.7 Å². The topological polar surface area (TPSA) is 43.1 Å². The molecule has 0 saturated heterocycles. The van der Waals surface area contributed by atoms with E-state index in [1.54, 1.807) is 0 Å². The first kappa shape index (κ1) is 12.8. The predicted molar refractivity (Wildman–Crippen MR) is 72.6 cm³/mol. The fourth-order valence-corrected chi connectivity index (χ4v) is 4.32. The Morgan fingerprint density at radius 3 is 2.59 bits per heavy atom. The summed E-state index contributed by atoms with van der Waals surface area (Å²) >= 11 is 0. The van der Waals surface area contributed by atoms with Gasteiger partial charge in [-0.1, -0.05) is 30.5 Å². The van der Waals surface area contributed by atoms with E-state index in [0.717, 1.165) is 29.7 Å². The summed E-state index contributed by atoms with van der Waals surface area (Å²) in [5, 5.41) is 0.144. The highest BCUT2D eigenvalue weighted by atomic mass is 32.2. The van der Waals surface area contributed by atoms with Crippen molar-refractivity contribution in [1.82, 2.24) is 0 Å². The van der Waals surface area contributed by atoms with E-state index in [2.05, 4.69) is 13.0 Å². The van der Waals surface area contributed by atoms with E-state index >= 15 is 0 Å². The molecule has 1 aliphatic carbocycles. The van der Waals surface area contributed by atoms with Crippen LogP contribution in [0.4, 0.5) is 0 Å². The summed E-state index contributed by atoms with van der Waals surface area (Å²) in [7, 11) is -0.945. The van der Waals surface area contributed by atoms with Gasteiger partial charge in [0.05, 0.1) is 16.0 Å². The molecule has 1 saturated carbocycles. The minimum absolute atomic E-state index is 0.102.